The van der Waals surface area contributed by atoms with Crippen molar-refractivity contribution in [2.45, 2.75) is 32.2 Å². The predicted molar refractivity (Wildman–Crippen MR) is 121 cm³/mol. The van der Waals surface area contributed by atoms with Crippen molar-refractivity contribution in [3.63, 3.8) is 0 Å². The number of methoxy groups -OCH3 is 1. The van der Waals surface area contributed by atoms with Crippen molar-refractivity contribution in [1.29, 1.82) is 0 Å². The molecule has 168 valence electrons. The first-order chi connectivity index (χ1) is 15.5. The summed E-state index contributed by atoms with van der Waals surface area (Å²) in [6.07, 6.45) is 4.37. The minimum absolute atomic E-state index is 0.356. The number of anilines is 2. The van der Waals surface area contributed by atoms with E-state index in [1.54, 1.807) is 7.11 Å². The van der Waals surface area contributed by atoms with Crippen LogP contribution in [-0.4, -0.2) is 60.6 Å². The Hall–Kier alpha value is -3.16. The molecule has 0 radical (unpaired) electrons. The summed E-state index contributed by atoms with van der Waals surface area (Å²) >= 11 is 0. The standard InChI is InChI=1S/C24H28FN5O2/c1-16(25)23(31)29-13-11-28(12-14-29)22-19-9-10-30(15-20(19)26-24(27-22)32-2)21-8-4-6-17-5-3-7-18(17)21/h4,6,8H,1,3,5,7,9-15H2,2H3. The van der Waals surface area contributed by atoms with Gasteiger partial charge in [0.05, 0.1) is 19.3 Å². The van der Waals surface area contributed by atoms with Gasteiger partial charge in [0.2, 0.25) is 0 Å². The molecule has 0 unspecified atom stereocenters. The fourth-order valence-electron chi connectivity index (χ4n) is 5.14. The molecule has 1 aliphatic carbocycles. The quantitative estimate of drug-likeness (QED) is 0.686. The lowest BCUT2D eigenvalue weighted by Gasteiger charge is -2.38. The Labute approximate surface area is 187 Å². The molecular weight excluding hydrogens is 409 g/mol. The summed E-state index contributed by atoms with van der Waals surface area (Å²) in [5.74, 6) is -0.666. The molecule has 0 spiro atoms. The van der Waals surface area contributed by atoms with E-state index in [0.717, 1.165) is 49.4 Å². The molecule has 32 heavy (non-hydrogen) atoms. The van der Waals surface area contributed by atoms with Gasteiger partial charge >= 0.3 is 6.01 Å². The Bertz CT molecular complexity index is 1060. The van der Waals surface area contributed by atoms with Gasteiger partial charge in [0.1, 0.15) is 5.82 Å². The highest BCUT2D eigenvalue weighted by Gasteiger charge is 2.30. The molecule has 3 aliphatic rings. The average molecular weight is 438 g/mol. The minimum Gasteiger partial charge on any atom is -0.467 e. The maximum absolute atomic E-state index is 13.2. The third-order valence-corrected chi connectivity index (χ3v) is 6.77. The second-order valence-electron chi connectivity index (χ2n) is 8.58. The molecule has 3 heterocycles. The Morgan fingerprint density at radius 3 is 2.59 bits per heavy atom. The SMILES string of the molecule is C=C(F)C(=O)N1CCN(c2nc(OC)nc3c2CCN(c2cccc4c2CCC4)C3)CC1. The number of aryl methyl sites for hydroxylation is 1. The zero-order valence-corrected chi connectivity index (χ0v) is 18.4. The van der Waals surface area contributed by atoms with Crippen LogP contribution in [0.2, 0.25) is 0 Å². The molecule has 0 N–H and O–H groups in total. The first-order valence-electron chi connectivity index (χ1n) is 11.2. The highest BCUT2D eigenvalue weighted by Crippen LogP contribution is 2.36. The van der Waals surface area contributed by atoms with E-state index in [0.29, 0.717) is 32.2 Å². The van der Waals surface area contributed by atoms with Crippen LogP contribution in [0.1, 0.15) is 28.8 Å². The first-order valence-corrected chi connectivity index (χ1v) is 11.2. The van der Waals surface area contributed by atoms with Crippen molar-refractivity contribution in [2.75, 3.05) is 49.6 Å². The fraction of sp³-hybridized carbons (Fsp3) is 0.458. The molecule has 0 atom stereocenters. The lowest BCUT2D eigenvalue weighted by atomic mass is 10.0. The number of halogens is 1. The molecule has 1 saturated heterocycles. The van der Waals surface area contributed by atoms with Crippen LogP contribution in [0, 0.1) is 0 Å². The Kier molecular flexibility index (Phi) is 5.45. The molecule has 1 aromatic heterocycles. The van der Waals surface area contributed by atoms with E-state index in [9.17, 15) is 9.18 Å². The first kappa shape index (κ1) is 20.7. The number of nitrogens with zero attached hydrogens (tertiary/aromatic N) is 5. The van der Waals surface area contributed by atoms with E-state index in [4.69, 9.17) is 9.72 Å². The van der Waals surface area contributed by atoms with Gasteiger partial charge in [0.15, 0.2) is 5.83 Å². The number of carbonyl (C=O) groups is 1. The van der Waals surface area contributed by atoms with Gasteiger partial charge in [0.25, 0.3) is 5.91 Å². The molecule has 1 aromatic carbocycles. The van der Waals surface area contributed by atoms with Gasteiger partial charge in [-0.2, -0.15) is 9.97 Å². The summed E-state index contributed by atoms with van der Waals surface area (Å²) < 4.78 is 18.7. The van der Waals surface area contributed by atoms with Crippen LogP contribution in [0.3, 0.4) is 0 Å². The van der Waals surface area contributed by atoms with E-state index < -0.39 is 11.7 Å². The number of fused-ring (bicyclic) bond motifs is 2. The zero-order chi connectivity index (χ0) is 22.2. The molecule has 0 saturated carbocycles. The molecule has 2 aliphatic heterocycles. The van der Waals surface area contributed by atoms with E-state index in [2.05, 4.69) is 39.6 Å². The molecular formula is C24H28FN5O2. The summed E-state index contributed by atoms with van der Waals surface area (Å²) in [7, 11) is 1.58. The van der Waals surface area contributed by atoms with Crippen LogP contribution in [-0.2, 0) is 30.6 Å². The van der Waals surface area contributed by atoms with Crippen molar-refractivity contribution < 1.29 is 13.9 Å². The highest BCUT2D eigenvalue weighted by molar-refractivity contribution is 5.90. The average Bonchev–Trinajstić information content (AvgIpc) is 3.31. The van der Waals surface area contributed by atoms with Gasteiger partial charge < -0.3 is 19.4 Å². The summed E-state index contributed by atoms with van der Waals surface area (Å²) in [6, 6.07) is 6.99. The zero-order valence-electron chi connectivity index (χ0n) is 18.4. The van der Waals surface area contributed by atoms with E-state index in [-0.39, 0.29) is 0 Å². The van der Waals surface area contributed by atoms with Gasteiger partial charge in [-0.05, 0) is 42.9 Å². The second-order valence-corrected chi connectivity index (χ2v) is 8.58. The third kappa shape index (κ3) is 3.67. The monoisotopic (exact) mass is 437 g/mol. The van der Waals surface area contributed by atoms with E-state index in [1.165, 1.54) is 28.1 Å². The van der Waals surface area contributed by atoms with Crippen LogP contribution in [0.4, 0.5) is 15.9 Å². The number of amides is 1. The van der Waals surface area contributed by atoms with E-state index in [1.807, 2.05) is 0 Å². The van der Waals surface area contributed by atoms with Gasteiger partial charge in [-0.1, -0.05) is 18.7 Å². The van der Waals surface area contributed by atoms with Crippen LogP contribution in [0.25, 0.3) is 0 Å². The lowest BCUT2D eigenvalue weighted by molar-refractivity contribution is -0.128. The van der Waals surface area contributed by atoms with Crippen molar-refractivity contribution in [2.24, 2.45) is 0 Å². The summed E-state index contributed by atoms with van der Waals surface area (Å²) in [5.41, 5.74) is 6.40. The normalized spacial score (nSPS) is 17.8. The molecule has 1 fully saturated rings. The number of aromatic nitrogens is 2. The fourth-order valence-corrected chi connectivity index (χ4v) is 5.14. The summed E-state index contributed by atoms with van der Waals surface area (Å²) in [6.45, 7) is 6.80. The molecule has 2 aromatic rings. The smallest absolute Gasteiger partial charge is 0.318 e. The predicted octanol–water partition coefficient (Wildman–Crippen LogP) is 2.67. The molecule has 7 nitrogen and oxygen atoms in total. The van der Waals surface area contributed by atoms with Gasteiger partial charge in [0, 0.05) is 44.0 Å². The van der Waals surface area contributed by atoms with Crippen LogP contribution in [0.5, 0.6) is 6.01 Å². The molecule has 5 rings (SSSR count). The maximum atomic E-state index is 13.2. The lowest BCUT2D eigenvalue weighted by Crippen LogP contribution is -2.49. The van der Waals surface area contributed by atoms with Crippen molar-refractivity contribution in [3.05, 3.63) is 53.0 Å². The molecule has 8 heteroatoms. The maximum Gasteiger partial charge on any atom is 0.318 e. The summed E-state index contributed by atoms with van der Waals surface area (Å²) in [4.78, 5) is 27.4. The number of benzene rings is 1. The Morgan fingerprint density at radius 1 is 1.03 bits per heavy atom. The number of hydrogen-bond acceptors (Lipinski definition) is 6. The number of ether oxygens (including phenoxy) is 1. The largest absolute Gasteiger partial charge is 0.467 e. The Balaban J connectivity index is 1.40. The number of piperazine rings is 1. The van der Waals surface area contributed by atoms with Gasteiger partial charge in [-0.25, -0.2) is 4.39 Å². The van der Waals surface area contributed by atoms with Gasteiger partial charge in [-0.3, -0.25) is 4.79 Å². The van der Waals surface area contributed by atoms with Crippen molar-refractivity contribution in [3.8, 4) is 6.01 Å². The summed E-state index contributed by atoms with van der Waals surface area (Å²) in [5, 5.41) is 0. The number of rotatable bonds is 4. The topological polar surface area (TPSA) is 61.8 Å². The Morgan fingerprint density at radius 2 is 1.84 bits per heavy atom. The highest BCUT2D eigenvalue weighted by atomic mass is 19.1. The number of hydrogen-bond donors (Lipinski definition) is 0. The molecule has 1 amide bonds. The van der Waals surface area contributed by atoms with Crippen molar-refractivity contribution >= 4 is 17.4 Å². The van der Waals surface area contributed by atoms with E-state index >= 15 is 0 Å². The van der Waals surface area contributed by atoms with Crippen LogP contribution >= 0.6 is 0 Å². The second kappa shape index (κ2) is 8.41. The van der Waals surface area contributed by atoms with Crippen molar-refractivity contribution in [1.82, 2.24) is 14.9 Å². The minimum atomic E-state index is -0.910. The third-order valence-electron chi connectivity index (χ3n) is 6.77. The molecule has 0 bridgehead atoms. The van der Waals surface area contributed by atoms with Crippen LogP contribution < -0.4 is 14.5 Å². The van der Waals surface area contributed by atoms with Crippen LogP contribution in [0.15, 0.2) is 30.6 Å². The number of carbonyl (C=O) groups excluding carboxylic acids is 1. The van der Waals surface area contributed by atoms with Gasteiger partial charge in [-0.15, -0.1) is 0 Å².